The summed E-state index contributed by atoms with van der Waals surface area (Å²) in [5, 5.41) is 2.00. The second kappa shape index (κ2) is 12.4. The molecule has 1 amide bonds. The SMILES string of the molecule is CCc1ncc(F)cc1-n1c(C=C(C)C)c(C(=O)N2CCCCC2)cc(-c2nc(-c3ccc(C(F)F)cn3)cs2)c1=O. The van der Waals surface area contributed by atoms with Gasteiger partial charge < -0.3 is 4.90 Å². The zero-order valence-corrected chi connectivity index (χ0v) is 24.3. The molecule has 7 nitrogen and oxygen atoms in total. The van der Waals surface area contributed by atoms with Crippen molar-refractivity contribution in [3.05, 3.63) is 86.3 Å². The molecule has 0 radical (unpaired) electrons. The minimum absolute atomic E-state index is 0.160. The number of thiazole rings is 1. The van der Waals surface area contributed by atoms with Gasteiger partial charge in [0, 0.05) is 36.3 Å². The minimum atomic E-state index is -2.64. The second-order valence-electron chi connectivity index (χ2n) is 10.4. The van der Waals surface area contributed by atoms with Crippen molar-refractivity contribution in [1.82, 2.24) is 24.4 Å². The van der Waals surface area contributed by atoms with Crippen LogP contribution in [0.3, 0.4) is 0 Å². The van der Waals surface area contributed by atoms with Crippen LogP contribution in [0.2, 0.25) is 0 Å². The molecule has 1 aliphatic rings. The van der Waals surface area contributed by atoms with Gasteiger partial charge in [-0.25, -0.2) is 18.2 Å². The summed E-state index contributed by atoms with van der Waals surface area (Å²) < 4.78 is 42.0. The lowest BCUT2D eigenvalue weighted by atomic mass is 10.0. The first-order valence-electron chi connectivity index (χ1n) is 13.8. The van der Waals surface area contributed by atoms with Crippen molar-refractivity contribution < 1.29 is 18.0 Å². The average Bonchev–Trinajstić information content (AvgIpc) is 3.47. The maximum Gasteiger partial charge on any atom is 0.265 e. The van der Waals surface area contributed by atoms with Crippen molar-refractivity contribution in [2.24, 2.45) is 0 Å². The number of alkyl halides is 2. The number of carbonyl (C=O) groups excluding carboxylic acids is 1. The standard InChI is InChI=1S/C31H30F3N5O2S/c1-4-23-27(13-20(32)16-36-23)39-26(12-18(2)3)21(30(40)38-10-6-5-7-11-38)14-22(31(39)41)29-37-25(17-42-29)24-9-8-19(15-35-24)28(33)34/h8-9,12-17,28H,4-7,10-11H2,1-3H3. The Morgan fingerprint density at radius 2 is 1.83 bits per heavy atom. The van der Waals surface area contributed by atoms with Crippen LogP contribution in [-0.2, 0) is 6.42 Å². The van der Waals surface area contributed by atoms with Gasteiger partial charge in [-0.1, -0.05) is 12.5 Å². The molecule has 42 heavy (non-hydrogen) atoms. The fourth-order valence-electron chi connectivity index (χ4n) is 5.00. The molecule has 5 rings (SSSR count). The van der Waals surface area contributed by atoms with Crippen LogP contribution in [0.4, 0.5) is 13.2 Å². The lowest BCUT2D eigenvalue weighted by Crippen LogP contribution is -2.37. The maximum atomic E-state index is 14.6. The molecular formula is C31H30F3N5O2S. The summed E-state index contributed by atoms with van der Waals surface area (Å²) in [7, 11) is 0. The number of carbonyl (C=O) groups is 1. The highest BCUT2D eigenvalue weighted by atomic mass is 32.1. The Morgan fingerprint density at radius 1 is 1.07 bits per heavy atom. The number of aryl methyl sites for hydroxylation is 1. The number of hydrogen-bond acceptors (Lipinski definition) is 6. The highest BCUT2D eigenvalue weighted by Crippen LogP contribution is 2.31. The molecule has 0 bridgehead atoms. The highest BCUT2D eigenvalue weighted by Gasteiger charge is 2.27. The number of piperidine rings is 1. The van der Waals surface area contributed by atoms with E-state index >= 15 is 0 Å². The molecule has 4 aromatic heterocycles. The second-order valence-corrected chi connectivity index (χ2v) is 11.2. The first-order valence-corrected chi connectivity index (χ1v) is 14.6. The van der Waals surface area contributed by atoms with Crippen LogP contribution in [-0.4, -0.2) is 43.4 Å². The van der Waals surface area contributed by atoms with E-state index in [1.54, 1.807) is 22.4 Å². The average molecular weight is 594 g/mol. The van der Waals surface area contributed by atoms with E-state index in [1.807, 2.05) is 20.8 Å². The molecular weight excluding hydrogens is 563 g/mol. The molecule has 5 heterocycles. The molecule has 0 aliphatic carbocycles. The Hall–Kier alpha value is -4.12. The molecule has 11 heteroatoms. The summed E-state index contributed by atoms with van der Waals surface area (Å²) >= 11 is 1.17. The summed E-state index contributed by atoms with van der Waals surface area (Å²) in [5.74, 6) is -0.831. The Kier molecular flexibility index (Phi) is 8.67. The van der Waals surface area contributed by atoms with Crippen LogP contribution in [0.15, 0.2) is 52.4 Å². The van der Waals surface area contributed by atoms with Crippen LogP contribution < -0.4 is 5.56 Å². The van der Waals surface area contributed by atoms with Crippen molar-refractivity contribution in [1.29, 1.82) is 0 Å². The van der Waals surface area contributed by atoms with Gasteiger partial charge in [-0.3, -0.25) is 24.1 Å². The van der Waals surface area contributed by atoms with E-state index in [0.29, 0.717) is 52.9 Å². The number of allylic oxidation sites excluding steroid dienone is 1. The Labute approximate surface area is 245 Å². The minimum Gasteiger partial charge on any atom is -0.339 e. The van der Waals surface area contributed by atoms with E-state index < -0.39 is 17.8 Å². The highest BCUT2D eigenvalue weighted by molar-refractivity contribution is 7.13. The number of aromatic nitrogens is 4. The lowest BCUT2D eigenvalue weighted by Gasteiger charge is -2.28. The van der Waals surface area contributed by atoms with E-state index in [1.165, 1.54) is 34.1 Å². The fourth-order valence-corrected chi connectivity index (χ4v) is 5.82. The predicted molar refractivity (Wildman–Crippen MR) is 158 cm³/mol. The van der Waals surface area contributed by atoms with E-state index in [-0.39, 0.29) is 22.7 Å². The van der Waals surface area contributed by atoms with Crippen molar-refractivity contribution in [2.45, 2.75) is 52.9 Å². The third-order valence-corrected chi connectivity index (χ3v) is 7.94. The normalized spacial score (nSPS) is 13.5. The smallest absolute Gasteiger partial charge is 0.265 e. The molecule has 1 saturated heterocycles. The van der Waals surface area contributed by atoms with Crippen LogP contribution in [0.1, 0.15) is 73.8 Å². The third-order valence-electron chi connectivity index (χ3n) is 7.06. The van der Waals surface area contributed by atoms with E-state index in [0.717, 1.165) is 37.2 Å². The molecule has 0 N–H and O–H groups in total. The zero-order chi connectivity index (χ0) is 30.0. The van der Waals surface area contributed by atoms with Gasteiger partial charge in [-0.15, -0.1) is 11.3 Å². The van der Waals surface area contributed by atoms with Crippen molar-refractivity contribution in [3.8, 4) is 27.6 Å². The first-order chi connectivity index (χ1) is 20.2. The van der Waals surface area contributed by atoms with Crippen LogP contribution >= 0.6 is 11.3 Å². The molecule has 0 aromatic carbocycles. The molecule has 1 fully saturated rings. The number of amides is 1. The van der Waals surface area contributed by atoms with Gasteiger partial charge in [0.15, 0.2) is 0 Å². The number of hydrogen-bond donors (Lipinski definition) is 0. The van der Waals surface area contributed by atoms with Crippen LogP contribution in [0, 0.1) is 5.82 Å². The Bertz CT molecular complexity index is 1700. The molecule has 0 saturated carbocycles. The molecule has 1 aliphatic heterocycles. The van der Waals surface area contributed by atoms with Gasteiger partial charge in [0.05, 0.1) is 40.1 Å². The molecule has 218 valence electrons. The topological polar surface area (TPSA) is 81.0 Å². The van der Waals surface area contributed by atoms with Gasteiger partial charge >= 0.3 is 0 Å². The Morgan fingerprint density at radius 3 is 2.48 bits per heavy atom. The maximum absolute atomic E-state index is 14.6. The summed E-state index contributed by atoms with van der Waals surface area (Å²) in [6.07, 6.45) is 4.56. The first kappa shape index (κ1) is 29.4. The fraction of sp³-hybridized carbons (Fsp3) is 0.323. The van der Waals surface area contributed by atoms with E-state index in [4.69, 9.17) is 0 Å². The summed E-state index contributed by atoms with van der Waals surface area (Å²) in [4.78, 5) is 43.1. The summed E-state index contributed by atoms with van der Waals surface area (Å²) in [6, 6.07) is 5.56. The number of rotatable bonds is 7. The van der Waals surface area contributed by atoms with Gasteiger partial charge in [-0.2, -0.15) is 0 Å². The number of pyridine rings is 3. The molecule has 0 atom stereocenters. The van der Waals surface area contributed by atoms with E-state index in [9.17, 15) is 22.8 Å². The van der Waals surface area contributed by atoms with Gasteiger partial charge in [0.2, 0.25) is 0 Å². The third kappa shape index (κ3) is 5.92. The number of halogens is 3. The summed E-state index contributed by atoms with van der Waals surface area (Å²) in [6.45, 7) is 6.79. The van der Waals surface area contributed by atoms with E-state index in [2.05, 4.69) is 15.0 Å². The van der Waals surface area contributed by atoms with Gasteiger partial charge in [0.1, 0.15) is 16.5 Å². The number of nitrogens with zero attached hydrogens (tertiary/aromatic N) is 5. The Balaban J connectivity index is 1.76. The van der Waals surface area contributed by atoms with Gasteiger partial charge in [0.25, 0.3) is 17.9 Å². The van der Waals surface area contributed by atoms with Crippen LogP contribution in [0.25, 0.3) is 33.7 Å². The largest absolute Gasteiger partial charge is 0.339 e. The summed E-state index contributed by atoms with van der Waals surface area (Å²) in [5.41, 5.74) is 2.50. The quantitative estimate of drug-likeness (QED) is 0.228. The number of likely N-dealkylation sites (tertiary alicyclic amines) is 1. The lowest BCUT2D eigenvalue weighted by molar-refractivity contribution is 0.0723. The van der Waals surface area contributed by atoms with Crippen molar-refractivity contribution in [2.75, 3.05) is 13.1 Å². The monoisotopic (exact) mass is 593 g/mol. The predicted octanol–water partition coefficient (Wildman–Crippen LogP) is 7.11. The molecule has 0 spiro atoms. The molecule has 4 aromatic rings. The molecule has 0 unspecified atom stereocenters. The van der Waals surface area contributed by atoms with Crippen LogP contribution in [0.5, 0.6) is 0 Å². The van der Waals surface area contributed by atoms with Gasteiger partial charge in [-0.05, 0) is 63.8 Å². The van der Waals surface area contributed by atoms with Crippen molar-refractivity contribution in [3.63, 3.8) is 0 Å². The van der Waals surface area contributed by atoms with Crippen molar-refractivity contribution >= 4 is 23.3 Å². The zero-order valence-electron chi connectivity index (χ0n) is 23.5.